The van der Waals surface area contributed by atoms with Gasteiger partial charge in [0, 0.05) is 18.8 Å². The van der Waals surface area contributed by atoms with Gasteiger partial charge in [0.15, 0.2) is 5.78 Å². The van der Waals surface area contributed by atoms with Gasteiger partial charge in [0.1, 0.15) is 6.29 Å². The van der Waals surface area contributed by atoms with Crippen LogP contribution < -0.4 is 0 Å². The van der Waals surface area contributed by atoms with Crippen molar-refractivity contribution in [3.8, 4) is 0 Å². The average molecular weight is 290 g/mol. The number of carbonyl (C=O) groups excluding carboxylic acids is 3. The van der Waals surface area contributed by atoms with Gasteiger partial charge in [0.25, 0.3) is 0 Å². The lowest BCUT2D eigenvalue weighted by Crippen LogP contribution is -2.13. The van der Waals surface area contributed by atoms with E-state index in [1.807, 2.05) is 6.08 Å². The molecule has 21 heavy (non-hydrogen) atoms. The van der Waals surface area contributed by atoms with Gasteiger partial charge >= 0.3 is 5.97 Å². The van der Waals surface area contributed by atoms with E-state index in [1.165, 1.54) is 6.92 Å². The first-order valence-corrected chi connectivity index (χ1v) is 7.38. The van der Waals surface area contributed by atoms with Crippen LogP contribution in [0, 0.1) is 17.3 Å². The molecule has 2 aliphatic rings. The van der Waals surface area contributed by atoms with Gasteiger partial charge in [-0.1, -0.05) is 19.6 Å². The lowest BCUT2D eigenvalue weighted by Gasteiger charge is -2.11. The number of rotatable bonds is 3. The summed E-state index contributed by atoms with van der Waals surface area (Å²) in [6.07, 6.45) is 5.15. The fourth-order valence-corrected chi connectivity index (χ4v) is 3.29. The van der Waals surface area contributed by atoms with Gasteiger partial charge in [-0.3, -0.25) is 14.4 Å². The number of aldehydes is 1. The van der Waals surface area contributed by atoms with E-state index in [-0.39, 0.29) is 23.1 Å². The normalized spacial score (nSPS) is 35.2. The molecular weight excluding hydrogens is 268 g/mol. The molecule has 0 aromatic heterocycles. The molecule has 0 spiro atoms. The number of hydrogen-bond acceptors (Lipinski definition) is 4. The third-order valence-corrected chi connectivity index (χ3v) is 4.86. The van der Waals surface area contributed by atoms with E-state index in [1.54, 1.807) is 0 Å². The second-order valence-corrected chi connectivity index (χ2v) is 6.34. The second-order valence-electron chi connectivity index (χ2n) is 6.34. The molecule has 4 nitrogen and oxygen atoms in total. The van der Waals surface area contributed by atoms with Crippen LogP contribution in [0.25, 0.3) is 0 Å². The first-order chi connectivity index (χ1) is 9.88. The first kappa shape index (κ1) is 15.7. The standard InChI is InChI=1S/C17H22O4/c1-11-4-6-14-15(17(14,3)10-21-12(2)19)8-13(9-18)5-7-16(11)20/h8-9,14-15H,1,4-7,10H2,2-3H3/b13-8-/t14-,15+,17+/m1/s1. The van der Waals surface area contributed by atoms with Crippen LogP contribution >= 0.6 is 0 Å². The van der Waals surface area contributed by atoms with E-state index in [2.05, 4.69) is 13.5 Å². The van der Waals surface area contributed by atoms with Gasteiger partial charge in [0.2, 0.25) is 0 Å². The molecule has 0 saturated heterocycles. The minimum atomic E-state index is -0.288. The van der Waals surface area contributed by atoms with Crippen molar-refractivity contribution >= 4 is 18.0 Å². The Kier molecular flexibility index (Phi) is 4.45. The minimum absolute atomic E-state index is 0.0449. The lowest BCUT2D eigenvalue weighted by molar-refractivity contribution is -0.142. The Morgan fingerprint density at radius 2 is 2.19 bits per heavy atom. The zero-order chi connectivity index (χ0) is 15.6. The monoisotopic (exact) mass is 290 g/mol. The molecule has 1 saturated carbocycles. The minimum Gasteiger partial charge on any atom is -0.465 e. The van der Waals surface area contributed by atoms with E-state index in [0.29, 0.717) is 42.9 Å². The zero-order valence-electron chi connectivity index (χ0n) is 12.7. The highest BCUT2D eigenvalue weighted by molar-refractivity contribution is 5.95. The van der Waals surface area contributed by atoms with Crippen LogP contribution in [0.5, 0.6) is 0 Å². The Morgan fingerprint density at radius 1 is 1.48 bits per heavy atom. The fourth-order valence-electron chi connectivity index (χ4n) is 3.29. The van der Waals surface area contributed by atoms with Crippen LogP contribution in [0.15, 0.2) is 23.8 Å². The number of esters is 1. The molecule has 3 atom stereocenters. The topological polar surface area (TPSA) is 60.4 Å². The van der Waals surface area contributed by atoms with E-state index >= 15 is 0 Å². The molecule has 114 valence electrons. The number of Topliss-reactive ketones (excluding diaryl/α,β-unsaturated/α-hetero) is 1. The smallest absolute Gasteiger partial charge is 0.302 e. The highest BCUT2D eigenvalue weighted by Crippen LogP contribution is 2.62. The maximum Gasteiger partial charge on any atom is 0.302 e. The number of allylic oxidation sites excluding steroid dienone is 3. The highest BCUT2D eigenvalue weighted by atomic mass is 16.5. The summed E-state index contributed by atoms with van der Waals surface area (Å²) < 4.78 is 5.18. The Bertz CT molecular complexity index is 517. The van der Waals surface area contributed by atoms with Crippen LogP contribution in [0.1, 0.15) is 39.5 Å². The molecule has 4 heteroatoms. The highest BCUT2D eigenvalue weighted by Gasteiger charge is 2.60. The molecule has 0 bridgehead atoms. The predicted molar refractivity (Wildman–Crippen MR) is 78.5 cm³/mol. The van der Waals surface area contributed by atoms with E-state index in [9.17, 15) is 14.4 Å². The Morgan fingerprint density at radius 3 is 2.81 bits per heavy atom. The summed E-state index contributed by atoms with van der Waals surface area (Å²) in [5.74, 6) is 0.320. The average Bonchev–Trinajstić information content (AvgIpc) is 3.01. The van der Waals surface area contributed by atoms with Crippen molar-refractivity contribution < 1.29 is 19.1 Å². The molecule has 0 amide bonds. The van der Waals surface area contributed by atoms with Gasteiger partial charge < -0.3 is 4.74 Å². The van der Waals surface area contributed by atoms with Crippen molar-refractivity contribution in [2.75, 3.05) is 6.61 Å². The number of ketones is 1. The quantitative estimate of drug-likeness (QED) is 0.455. The van der Waals surface area contributed by atoms with E-state index < -0.39 is 0 Å². The number of ether oxygens (including phenoxy) is 1. The molecule has 2 rings (SSSR count). The molecular formula is C17H22O4. The van der Waals surface area contributed by atoms with Gasteiger partial charge in [-0.15, -0.1) is 0 Å². The SMILES string of the molecule is C=C1CC[C@@H]2[C@H](/C=C(\C=O)CCC1=O)[C@@]2(C)COC(C)=O. The molecule has 2 aliphatic carbocycles. The third kappa shape index (κ3) is 3.31. The summed E-state index contributed by atoms with van der Waals surface area (Å²) in [6, 6.07) is 0. The summed E-state index contributed by atoms with van der Waals surface area (Å²) >= 11 is 0. The molecule has 0 heterocycles. The van der Waals surface area contributed by atoms with Gasteiger partial charge in [-0.2, -0.15) is 0 Å². The summed E-state index contributed by atoms with van der Waals surface area (Å²) in [5.41, 5.74) is 1.18. The maximum atomic E-state index is 11.9. The van der Waals surface area contributed by atoms with Crippen LogP contribution in [0.3, 0.4) is 0 Å². The zero-order valence-corrected chi connectivity index (χ0v) is 12.7. The van der Waals surface area contributed by atoms with Crippen molar-refractivity contribution in [2.45, 2.75) is 39.5 Å². The van der Waals surface area contributed by atoms with Gasteiger partial charge in [-0.25, -0.2) is 0 Å². The lowest BCUT2D eigenvalue weighted by atomic mass is 9.97. The molecule has 0 aromatic carbocycles. The Hall–Kier alpha value is -1.71. The van der Waals surface area contributed by atoms with Crippen molar-refractivity contribution in [2.24, 2.45) is 17.3 Å². The second kappa shape index (κ2) is 5.96. The molecule has 0 N–H and O–H groups in total. The number of hydrogen-bond donors (Lipinski definition) is 0. The van der Waals surface area contributed by atoms with E-state index in [0.717, 1.165) is 12.7 Å². The number of fused-ring (bicyclic) bond motifs is 1. The van der Waals surface area contributed by atoms with Crippen LogP contribution in [0.2, 0.25) is 0 Å². The molecule has 0 aliphatic heterocycles. The third-order valence-electron chi connectivity index (χ3n) is 4.86. The summed E-state index contributed by atoms with van der Waals surface area (Å²) in [6.45, 7) is 7.69. The van der Waals surface area contributed by atoms with Gasteiger partial charge in [-0.05, 0) is 42.2 Å². The molecule has 0 radical (unpaired) electrons. The summed E-state index contributed by atoms with van der Waals surface area (Å²) in [7, 11) is 0. The Labute approximate surface area is 125 Å². The largest absolute Gasteiger partial charge is 0.465 e. The summed E-state index contributed by atoms with van der Waals surface area (Å²) in [4.78, 5) is 34.1. The van der Waals surface area contributed by atoms with Crippen molar-refractivity contribution in [3.05, 3.63) is 23.8 Å². The molecule has 0 unspecified atom stereocenters. The number of carbonyl (C=O) groups is 3. The van der Waals surface area contributed by atoms with Crippen LogP contribution in [-0.4, -0.2) is 24.6 Å². The van der Waals surface area contributed by atoms with Crippen LogP contribution in [-0.2, 0) is 19.1 Å². The van der Waals surface area contributed by atoms with E-state index in [4.69, 9.17) is 4.74 Å². The summed E-state index contributed by atoms with van der Waals surface area (Å²) in [5, 5.41) is 0. The molecule has 0 aromatic rings. The first-order valence-electron chi connectivity index (χ1n) is 7.38. The predicted octanol–water partition coefficient (Wildman–Crippen LogP) is 2.63. The Balaban J connectivity index is 2.18. The maximum absolute atomic E-state index is 11.9. The van der Waals surface area contributed by atoms with Crippen LogP contribution in [0.4, 0.5) is 0 Å². The van der Waals surface area contributed by atoms with Crippen molar-refractivity contribution in [3.63, 3.8) is 0 Å². The van der Waals surface area contributed by atoms with Crippen molar-refractivity contribution in [1.29, 1.82) is 0 Å². The fraction of sp³-hybridized carbons (Fsp3) is 0.588. The van der Waals surface area contributed by atoms with Crippen molar-refractivity contribution in [1.82, 2.24) is 0 Å². The van der Waals surface area contributed by atoms with Gasteiger partial charge in [0.05, 0.1) is 6.61 Å². The molecule has 1 fully saturated rings.